The van der Waals surface area contributed by atoms with Crippen molar-refractivity contribution in [2.24, 2.45) is 0 Å². The molecule has 1 aromatic carbocycles. The van der Waals surface area contributed by atoms with Gasteiger partial charge in [0.1, 0.15) is 24.7 Å². The third kappa shape index (κ3) is 5.23. The van der Waals surface area contributed by atoms with Gasteiger partial charge in [-0.25, -0.2) is 0 Å². The summed E-state index contributed by atoms with van der Waals surface area (Å²) < 4.78 is 13.4. The van der Waals surface area contributed by atoms with E-state index in [0.717, 1.165) is 29.8 Å². The molecule has 2 fully saturated rings. The van der Waals surface area contributed by atoms with Crippen LogP contribution in [0.3, 0.4) is 0 Å². The average Bonchev–Trinajstić information content (AvgIpc) is 3.24. The van der Waals surface area contributed by atoms with Crippen molar-refractivity contribution in [2.75, 3.05) is 13.2 Å². The molecule has 0 amide bonds. The Balaban J connectivity index is 1.18. The molecule has 3 heterocycles. The Morgan fingerprint density at radius 3 is 2.52 bits per heavy atom. The van der Waals surface area contributed by atoms with Crippen molar-refractivity contribution < 1.29 is 9.47 Å². The van der Waals surface area contributed by atoms with Gasteiger partial charge in [-0.15, -0.1) is 0 Å². The molecule has 1 saturated heterocycles. The first kappa shape index (κ1) is 22.0. The summed E-state index contributed by atoms with van der Waals surface area (Å²) in [4.78, 5) is 19.5. The van der Waals surface area contributed by atoms with Gasteiger partial charge in [0.15, 0.2) is 0 Å². The first-order valence-corrected chi connectivity index (χ1v) is 12.0. The number of rotatable bonds is 8. The first-order valence-electron chi connectivity index (χ1n) is 11.6. The Bertz CT molecular complexity index is 1130. The first-order chi connectivity index (χ1) is 16.2. The standard InChI is InChI=1S/C26H28ClN3O3/c27-19-6-7-20(28-16-19)17-32-25-12-14-30(26(31)15-25)22-8-10-24(11-9-22)33-18-23-5-2-13-29(23)21-3-1-4-21/h6-12,14-16,21,23H,1-5,13,17-18H2/t23-/m1/s1. The molecule has 3 aromatic rings. The topological polar surface area (TPSA) is 56.6 Å². The third-order valence-corrected chi connectivity index (χ3v) is 6.81. The highest BCUT2D eigenvalue weighted by molar-refractivity contribution is 6.30. The van der Waals surface area contributed by atoms with Gasteiger partial charge < -0.3 is 9.47 Å². The molecule has 0 bridgehead atoms. The number of likely N-dealkylation sites (tertiary alicyclic amines) is 1. The Kier molecular flexibility index (Phi) is 6.65. The number of hydrogen-bond acceptors (Lipinski definition) is 5. The van der Waals surface area contributed by atoms with Crippen LogP contribution in [0.2, 0.25) is 5.02 Å². The lowest BCUT2D eigenvalue weighted by atomic mass is 9.91. The summed E-state index contributed by atoms with van der Waals surface area (Å²) in [6.07, 6.45) is 9.81. The molecule has 7 heteroatoms. The van der Waals surface area contributed by atoms with E-state index in [1.165, 1.54) is 44.7 Å². The zero-order chi connectivity index (χ0) is 22.6. The lowest BCUT2D eigenvalue weighted by Gasteiger charge is -2.38. The molecule has 2 aliphatic rings. The molecule has 172 valence electrons. The molecule has 0 spiro atoms. The number of aromatic nitrogens is 2. The minimum atomic E-state index is -0.160. The highest BCUT2D eigenvalue weighted by Gasteiger charge is 2.34. The van der Waals surface area contributed by atoms with Crippen LogP contribution >= 0.6 is 11.6 Å². The number of ether oxygens (including phenoxy) is 2. The van der Waals surface area contributed by atoms with Crippen molar-refractivity contribution >= 4 is 11.6 Å². The summed E-state index contributed by atoms with van der Waals surface area (Å²) in [5, 5.41) is 0.576. The van der Waals surface area contributed by atoms with Crippen molar-refractivity contribution in [3.05, 3.63) is 82.0 Å². The number of halogens is 1. The monoisotopic (exact) mass is 465 g/mol. The maximum Gasteiger partial charge on any atom is 0.258 e. The van der Waals surface area contributed by atoms with Crippen molar-refractivity contribution in [1.82, 2.24) is 14.5 Å². The van der Waals surface area contributed by atoms with Crippen LogP contribution in [0.15, 0.2) is 65.7 Å². The van der Waals surface area contributed by atoms with Crippen molar-refractivity contribution in [3.8, 4) is 17.2 Å². The molecule has 1 aliphatic heterocycles. The molecule has 5 rings (SSSR count). The normalized spacial score (nSPS) is 18.8. The predicted molar refractivity (Wildman–Crippen MR) is 128 cm³/mol. The molecule has 1 atom stereocenters. The van der Waals surface area contributed by atoms with Gasteiger partial charge in [-0.2, -0.15) is 0 Å². The Hall–Kier alpha value is -2.83. The van der Waals surface area contributed by atoms with Gasteiger partial charge in [-0.3, -0.25) is 19.2 Å². The summed E-state index contributed by atoms with van der Waals surface area (Å²) in [7, 11) is 0. The van der Waals surface area contributed by atoms with Crippen molar-refractivity contribution in [1.29, 1.82) is 0 Å². The van der Waals surface area contributed by atoms with Crippen LogP contribution < -0.4 is 15.0 Å². The van der Waals surface area contributed by atoms with Gasteiger partial charge in [0, 0.05) is 36.2 Å². The zero-order valence-corrected chi connectivity index (χ0v) is 19.3. The van der Waals surface area contributed by atoms with E-state index >= 15 is 0 Å². The van der Waals surface area contributed by atoms with Gasteiger partial charge in [-0.1, -0.05) is 18.0 Å². The number of pyridine rings is 2. The Morgan fingerprint density at radius 1 is 0.970 bits per heavy atom. The summed E-state index contributed by atoms with van der Waals surface area (Å²) in [6, 6.07) is 15.8. The molecular formula is C26H28ClN3O3. The quantitative estimate of drug-likeness (QED) is 0.475. The van der Waals surface area contributed by atoms with Crippen LogP contribution in [0.1, 0.15) is 37.8 Å². The second-order valence-corrected chi connectivity index (χ2v) is 9.19. The van der Waals surface area contributed by atoms with Gasteiger partial charge in [-0.05, 0) is 74.7 Å². The number of nitrogens with zero attached hydrogens (tertiary/aromatic N) is 3. The minimum Gasteiger partial charge on any atom is -0.492 e. The molecule has 6 nitrogen and oxygen atoms in total. The lowest BCUT2D eigenvalue weighted by Crippen LogP contribution is -2.45. The fraction of sp³-hybridized carbons (Fsp3) is 0.385. The van der Waals surface area contributed by atoms with Crippen LogP contribution in [-0.2, 0) is 6.61 Å². The largest absolute Gasteiger partial charge is 0.492 e. The van der Waals surface area contributed by atoms with Crippen LogP contribution in [0.4, 0.5) is 0 Å². The maximum absolute atomic E-state index is 12.6. The van der Waals surface area contributed by atoms with Gasteiger partial charge in [0.25, 0.3) is 5.56 Å². The van der Waals surface area contributed by atoms with E-state index in [2.05, 4.69) is 9.88 Å². The highest BCUT2D eigenvalue weighted by atomic mass is 35.5. The maximum atomic E-state index is 12.6. The van der Waals surface area contributed by atoms with Crippen LogP contribution in [0.25, 0.3) is 5.69 Å². The molecule has 33 heavy (non-hydrogen) atoms. The summed E-state index contributed by atoms with van der Waals surface area (Å²) in [5.41, 5.74) is 1.37. The predicted octanol–water partition coefficient (Wildman–Crippen LogP) is 4.86. The fourth-order valence-electron chi connectivity index (χ4n) is 4.54. The van der Waals surface area contributed by atoms with Crippen LogP contribution in [-0.4, -0.2) is 39.7 Å². The third-order valence-electron chi connectivity index (χ3n) is 6.59. The van der Waals surface area contributed by atoms with E-state index in [1.54, 1.807) is 35.2 Å². The van der Waals surface area contributed by atoms with E-state index < -0.39 is 0 Å². The van der Waals surface area contributed by atoms with E-state index in [4.69, 9.17) is 21.1 Å². The second-order valence-electron chi connectivity index (χ2n) is 8.75. The van der Waals surface area contributed by atoms with E-state index in [1.807, 2.05) is 24.3 Å². The SMILES string of the molecule is O=c1cc(OCc2ccc(Cl)cn2)ccn1-c1ccc(OC[C@H]2CCCN2C2CCC2)cc1. The van der Waals surface area contributed by atoms with Crippen molar-refractivity contribution in [2.45, 2.75) is 50.8 Å². The van der Waals surface area contributed by atoms with Crippen LogP contribution in [0.5, 0.6) is 11.5 Å². The lowest BCUT2D eigenvalue weighted by molar-refractivity contribution is 0.0850. The smallest absolute Gasteiger partial charge is 0.258 e. The van der Waals surface area contributed by atoms with Crippen LogP contribution in [0, 0.1) is 0 Å². The fourth-order valence-corrected chi connectivity index (χ4v) is 4.66. The Morgan fingerprint density at radius 2 is 1.82 bits per heavy atom. The summed E-state index contributed by atoms with van der Waals surface area (Å²) in [6.45, 7) is 2.20. The van der Waals surface area contributed by atoms with Gasteiger partial charge in [0.05, 0.1) is 10.7 Å². The number of hydrogen-bond donors (Lipinski definition) is 0. The van der Waals surface area contributed by atoms with Gasteiger partial charge >= 0.3 is 0 Å². The van der Waals surface area contributed by atoms with Crippen molar-refractivity contribution in [3.63, 3.8) is 0 Å². The Labute approximate surface area is 198 Å². The van der Waals surface area contributed by atoms with Gasteiger partial charge in [0.2, 0.25) is 0 Å². The molecular weight excluding hydrogens is 438 g/mol. The number of benzene rings is 1. The van der Waals surface area contributed by atoms with E-state index in [9.17, 15) is 4.79 Å². The average molecular weight is 466 g/mol. The van der Waals surface area contributed by atoms with E-state index in [-0.39, 0.29) is 12.2 Å². The molecule has 2 aromatic heterocycles. The molecule has 0 radical (unpaired) electrons. The minimum absolute atomic E-state index is 0.160. The van der Waals surface area contributed by atoms with E-state index in [0.29, 0.717) is 16.8 Å². The second kappa shape index (κ2) is 9.98. The molecule has 0 unspecified atom stereocenters. The zero-order valence-electron chi connectivity index (χ0n) is 18.5. The molecule has 1 saturated carbocycles. The highest BCUT2D eigenvalue weighted by Crippen LogP contribution is 2.31. The molecule has 1 aliphatic carbocycles. The summed E-state index contributed by atoms with van der Waals surface area (Å²) >= 11 is 5.85. The summed E-state index contributed by atoms with van der Waals surface area (Å²) in [5.74, 6) is 1.34. The molecule has 0 N–H and O–H groups in total.